The molecule has 0 aromatic heterocycles. The third kappa shape index (κ3) is 3.47. The van der Waals surface area contributed by atoms with Crippen molar-refractivity contribution in [3.05, 3.63) is 35.9 Å². The molecule has 1 aliphatic rings. The topological polar surface area (TPSA) is 70.6 Å². The number of hydrogen-bond donors (Lipinski definition) is 3. The Hall–Kier alpha value is -1.55. The molecular formula is C15H23N3O. The molecule has 0 aliphatic heterocycles. The first-order chi connectivity index (χ1) is 9.04. The van der Waals surface area contributed by atoms with Gasteiger partial charge in [0.2, 0.25) is 0 Å². The molecular weight excluding hydrogens is 238 g/mol. The maximum atomic E-state index is 8.95. The Bertz CT molecular complexity index is 438. The Kier molecular flexibility index (Phi) is 4.10. The molecule has 0 heterocycles. The standard InChI is InChI=1S/C15H23N3O/c1-15(2,12-8-9-12)17-10-13(14(16)18-19)11-6-4-3-5-7-11/h3-7,12-13,17,19H,8-10H2,1-2H3,(H2,16,18). The Labute approximate surface area is 114 Å². The summed E-state index contributed by atoms with van der Waals surface area (Å²) in [4.78, 5) is 0. The molecule has 4 heteroatoms. The van der Waals surface area contributed by atoms with Crippen LogP contribution in [0.1, 0.15) is 38.2 Å². The second kappa shape index (κ2) is 5.61. The van der Waals surface area contributed by atoms with Gasteiger partial charge in [-0.2, -0.15) is 0 Å². The molecule has 104 valence electrons. The molecule has 4 nitrogen and oxygen atoms in total. The first-order valence-corrected chi connectivity index (χ1v) is 6.82. The highest BCUT2D eigenvalue weighted by Gasteiger charge is 2.37. The van der Waals surface area contributed by atoms with Gasteiger partial charge < -0.3 is 16.3 Å². The van der Waals surface area contributed by atoms with Gasteiger partial charge in [0.05, 0.1) is 5.92 Å². The normalized spacial score (nSPS) is 18.3. The number of nitrogens with one attached hydrogen (secondary N) is 1. The Morgan fingerprint density at radius 3 is 2.58 bits per heavy atom. The van der Waals surface area contributed by atoms with Crippen molar-refractivity contribution in [2.45, 2.75) is 38.1 Å². The van der Waals surface area contributed by atoms with E-state index in [9.17, 15) is 0 Å². The molecule has 1 saturated carbocycles. The molecule has 1 atom stereocenters. The number of rotatable bonds is 6. The van der Waals surface area contributed by atoms with Gasteiger partial charge in [0.1, 0.15) is 5.84 Å². The highest BCUT2D eigenvalue weighted by Crippen LogP contribution is 2.39. The first kappa shape index (κ1) is 13.9. The summed E-state index contributed by atoms with van der Waals surface area (Å²) in [6, 6.07) is 9.93. The van der Waals surface area contributed by atoms with E-state index in [-0.39, 0.29) is 17.3 Å². The summed E-state index contributed by atoms with van der Waals surface area (Å²) in [5.41, 5.74) is 7.01. The van der Waals surface area contributed by atoms with E-state index >= 15 is 0 Å². The molecule has 1 aromatic rings. The van der Waals surface area contributed by atoms with Gasteiger partial charge in [-0.05, 0) is 38.2 Å². The van der Waals surface area contributed by atoms with Gasteiger partial charge in [0, 0.05) is 12.1 Å². The van der Waals surface area contributed by atoms with Crippen LogP contribution in [0.5, 0.6) is 0 Å². The maximum Gasteiger partial charge on any atom is 0.147 e. The van der Waals surface area contributed by atoms with E-state index in [1.807, 2.05) is 30.3 Å². The molecule has 0 bridgehead atoms. The lowest BCUT2D eigenvalue weighted by atomic mass is 9.94. The smallest absolute Gasteiger partial charge is 0.147 e. The van der Waals surface area contributed by atoms with Crippen LogP contribution in [-0.2, 0) is 0 Å². The fourth-order valence-corrected chi connectivity index (χ4v) is 2.46. The number of nitrogens with zero attached hydrogens (tertiary/aromatic N) is 1. The van der Waals surface area contributed by atoms with Gasteiger partial charge in [0.25, 0.3) is 0 Å². The third-order valence-corrected chi connectivity index (χ3v) is 4.03. The maximum absolute atomic E-state index is 8.95. The Morgan fingerprint density at radius 1 is 1.42 bits per heavy atom. The number of benzene rings is 1. The van der Waals surface area contributed by atoms with E-state index in [4.69, 9.17) is 10.9 Å². The van der Waals surface area contributed by atoms with Crippen LogP contribution in [0.25, 0.3) is 0 Å². The highest BCUT2D eigenvalue weighted by molar-refractivity contribution is 5.87. The summed E-state index contributed by atoms with van der Waals surface area (Å²) in [6.07, 6.45) is 2.58. The number of oxime groups is 1. The summed E-state index contributed by atoms with van der Waals surface area (Å²) in [7, 11) is 0. The van der Waals surface area contributed by atoms with Crippen LogP contribution in [-0.4, -0.2) is 23.1 Å². The Balaban J connectivity index is 2.07. The molecule has 1 aliphatic carbocycles. The number of hydrogen-bond acceptors (Lipinski definition) is 3. The average Bonchev–Trinajstić information content (AvgIpc) is 3.24. The lowest BCUT2D eigenvalue weighted by Crippen LogP contribution is -2.45. The van der Waals surface area contributed by atoms with Crippen molar-refractivity contribution in [3.63, 3.8) is 0 Å². The van der Waals surface area contributed by atoms with Gasteiger partial charge in [-0.3, -0.25) is 0 Å². The van der Waals surface area contributed by atoms with Gasteiger partial charge in [0.15, 0.2) is 0 Å². The van der Waals surface area contributed by atoms with Gasteiger partial charge >= 0.3 is 0 Å². The van der Waals surface area contributed by atoms with Crippen molar-refractivity contribution in [1.29, 1.82) is 0 Å². The molecule has 2 rings (SSSR count). The lowest BCUT2D eigenvalue weighted by molar-refractivity contribution is 0.311. The fraction of sp³-hybridized carbons (Fsp3) is 0.533. The molecule has 1 aromatic carbocycles. The van der Waals surface area contributed by atoms with Crippen molar-refractivity contribution in [2.24, 2.45) is 16.8 Å². The zero-order chi connectivity index (χ0) is 13.9. The molecule has 1 fully saturated rings. The lowest BCUT2D eigenvalue weighted by Gasteiger charge is -2.29. The van der Waals surface area contributed by atoms with E-state index in [0.29, 0.717) is 6.54 Å². The predicted octanol–water partition coefficient (Wildman–Crippen LogP) is 2.29. The van der Waals surface area contributed by atoms with Crippen LogP contribution < -0.4 is 11.1 Å². The van der Waals surface area contributed by atoms with Crippen molar-refractivity contribution in [2.75, 3.05) is 6.54 Å². The van der Waals surface area contributed by atoms with Crippen LogP contribution in [0.3, 0.4) is 0 Å². The summed E-state index contributed by atoms with van der Waals surface area (Å²) >= 11 is 0. The second-order valence-electron chi connectivity index (χ2n) is 5.86. The summed E-state index contributed by atoms with van der Waals surface area (Å²) in [5, 5.41) is 15.7. The van der Waals surface area contributed by atoms with E-state index in [0.717, 1.165) is 11.5 Å². The van der Waals surface area contributed by atoms with E-state index in [1.165, 1.54) is 12.8 Å². The number of nitrogens with two attached hydrogens (primary N) is 1. The minimum absolute atomic E-state index is 0.0933. The summed E-state index contributed by atoms with van der Waals surface area (Å²) in [6.45, 7) is 5.13. The van der Waals surface area contributed by atoms with Crippen molar-refractivity contribution < 1.29 is 5.21 Å². The predicted molar refractivity (Wildman–Crippen MR) is 77.4 cm³/mol. The molecule has 0 radical (unpaired) electrons. The zero-order valence-corrected chi connectivity index (χ0v) is 11.6. The monoisotopic (exact) mass is 261 g/mol. The molecule has 0 saturated heterocycles. The first-order valence-electron chi connectivity index (χ1n) is 6.82. The van der Waals surface area contributed by atoms with Gasteiger partial charge in [-0.1, -0.05) is 35.5 Å². The SMILES string of the molecule is CC(C)(NCC(/C(N)=N/O)c1ccccc1)C1CC1. The molecule has 1 unspecified atom stereocenters. The molecule has 4 N–H and O–H groups in total. The van der Waals surface area contributed by atoms with Crippen molar-refractivity contribution in [3.8, 4) is 0 Å². The quantitative estimate of drug-likeness (QED) is 0.318. The van der Waals surface area contributed by atoms with E-state index in [2.05, 4.69) is 24.3 Å². The number of amidine groups is 1. The van der Waals surface area contributed by atoms with E-state index < -0.39 is 0 Å². The zero-order valence-electron chi connectivity index (χ0n) is 11.6. The van der Waals surface area contributed by atoms with Crippen LogP contribution in [0.4, 0.5) is 0 Å². The van der Waals surface area contributed by atoms with Crippen molar-refractivity contribution >= 4 is 5.84 Å². The van der Waals surface area contributed by atoms with Crippen LogP contribution in [0, 0.1) is 5.92 Å². The third-order valence-electron chi connectivity index (χ3n) is 4.03. The highest BCUT2D eigenvalue weighted by atomic mass is 16.4. The second-order valence-corrected chi connectivity index (χ2v) is 5.86. The summed E-state index contributed by atoms with van der Waals surface area (Å²) in [5.74, 6) is 0.908. The van der Waals surface area contributed by atoms with Crippen LogP contribution >= 0.6 is 0 Å². The van der Waals surface area contributed by atoms with Crippen LogP contribution in [0.2, 0.25) is 0 Å². The summed E-state index contributed by atoms with van der Waals surface area (Å²) < 4.78 is 0. The van der Waals surface area contributed by atoms with Gasteiger partial charge in [-0.25, -0.2) is 0 Å². The van der Waals surface area contributed by atoms with Crippen molar-refractivity contribution in [1.82, 2.24) is 5.32 Å². The average molecular weight is 261 g/mol. The van der Waals surface area contributed by atoms with E-state index in [1.54, 1.807) is 0 Å². The molecule has 0 amide bonds. The molecule has 0 spiro atoms. The molecule has 19 heavy (non-hydrogen) atoms. The Morgan fingerprint density at radius 2 is 2.05 bits per heavy atom. The van der Waals surface area contributed by atoms with Crippen LogP contribution in [0.15, 0.2) is 35.5 Å². The minimum atomic E-state index is -0.0933. The van der Waals surface area contributed by atoms with Gasteiger partial charge in [-0.15, -0.1) is 0 Å². The minimum Gasteiger partial charge on any atom is -0.409 e. The largest absolute Gasteiger partial charge is 0.409 e. The fourth-order valence-electron chi connectivity index (χ4n) is 2.46.